The van der Waals surface area contributed by atoms with E-state index in [-0.39, 0.29) is 88.9 Å². The summed E-state index contributed by atoms with van der Waals surface area (Å²) in [4.78, 5) is 0. The van der Waals surface area contributed by atoms with Gasteiger partial charge in [-0.1, -0.05) is 177 Å². The number of hydrogen-bond acceptors (Lipinski definition) is 1. The predicted molar refractivity (Wildman–Crippen MR) is 256 cm³/mol. The SMILES string of the molecule is [2H]c1cc(-c2cccc3c2[n+](-c2c(-c4c([2H])c([2H])c([2H])c([2H])c4[2H])cccc2-c2c([2H])c([2H])c([2H])c([2H])c2[2H])[c-]n3-c2[c-]c(Oc3[c-]c4c(cc3)c3ccccc3n4-c3[c-]ccc(C(C)(C)C)c3)ccc2)c([2H])c([2H])c1[2H].[Pt+4]. The van der Waals surface area contributed by atoms with Crippen molar-refractivity contribution in [2.75, 3.05) is 0 Å². The minimum absolute atomic E-state index is 0. The second kappa shape index (κ2) is 16.8. The third-order valence-corrected chi connectivity index (χ3v) is 11.0. The molecule has 11 aromatic rings. The predicted octanol–water partition coefficient (Wildman–Crippen LogP) is 14.3. The molecule has 0 saturated carbocycles. The number of fused-ring (bicyclic) bond motifs is 4. The molecule has 5 heteroatoms. The monoisotopic (exact) mass is 1020 g/mol. The third kappa shape index (κ3) is 7.34. The second-order valence-corrected chi connectivity index (χ2v) is 15.9. The molecule has 0 bridgehead atoms. The summed E-state index contributed by atoms with van der Waals surface area (Å²) in [6.45, 7) is 6.48. The van der Waals surface area contributed by atoms with Gasteiger partial charge in [-0.25, -0.2) is 0 Å². The Labute approximate surface area is 408 Å². The van der Waals surface area contributed by atoms with E-state index in [1.165, 1.54) is 28.8 Å². The average molecular weight is 1020 g/mol. The third-order valence-electron chi connectivity index (χ3n) is 11.0. The Morgan fingerprint density at radius 2 is 1.20 bits per heavy atom. The zero-order valence-electron chi connectivity index (χ0n) is 48.5. The van der Waals surface area contributed by atoms with Crippen molar-refractivity contribution in [3.8, 4) is 61.9 Å². The Hall–Kier alpha value is -7.26. The molecule has 308 valence electrons. The fourth-order valence-electron chi connectivity index (χ4n) is 8.07. The van der Waals surface area contributed by atoms with Crippen LogP contribution in [-0.2, 0) is 26.5 Å². The molecule has 0 amide bonds. The molecule has 2 aromatic heterocycles. The molecular formula is C59H42N3OPt+. The summed E-state index contributed by atoms with van der Waals surface area (Å²) < 4.78 is 135. The topological polar surface area (TPSA) is 23.0 Å². The number of aromatic nitrogens is 3. The largest absolute Gasteiger partial charge is 4.00 e. The first-order valence-electron chi connectivity index (χ1n) is 27.2. The number of rotatable bonds is 8. The summed E-state index contributed by atoms with van der Waals surface area (Å²) in [5, 5.41) is 1.97. The number of hydrogen-bond donors (Lipinski definition) is 0. The van der Waals surface area contributed by atoms with E-state index in [4.69, 9.17) is 18.4 Å². The van der Waals surface area contributed by atoms with Crippen molar-refractivity contribution >= 4 is 32.8 Å². The standard InChI is InChI=1S/C59H42N3O.Pt/c1-59(2,3)44-25-15-27-46(37-44)62-54-33-14-13-29-52(54)53-36-35-48(39-56(53)62)63-47-28-16-26-45(38-47)60-40-61(58-51(32-18-34-55(58)60)43-23-11-6-12-24-43)57-49(41-19-7-4-8-20-41)30-17-31-50(57)42-21-9-5-10-22-42;/h4-26,28-37H,1-3H3;/q-3;+4/i4D,5D,6D,7D,8D,9D,10D,11D,12D,19D,20D,21D,22D,23D;. The molecule has 0 spiro atoms. The number of para-hydroxylation sites is 3. The molecule has 0 atom stereocenters. The van der Waals surface area contributed by atoms with Crippen LogP contribution < -0.4 is 9.30 Å². The average Bonchev–Trinajstić information content (AvgIpc) is 3.97. The summed E-state index contributed by atoms with van der Waals surface area (Å²) in [6.07, 6.45) is 3.38. The zero-order chi connectivity index (χ0) is 54.7. The first-order chi connectivity index (χ1) is 36.7. The van der Waals surface area contributed by atoms with Crippen LogP contribution in [0.25, 0.3) is 83.3 Å². The molecule has 0 aliphatic rings. The Morgan fingerprint density at radius 1 is 0.562 bits per heavy atom. The van der Waals surface area contributed by atoms with E-state index < -0.39 is 72.5 Å². The van der Waals surface area contributed by atoms with Crippen LogP contribution in [0, 0.1) is 24.5 Å². The van der Waals surface area contributed by atoms with Crippen LogP contribution in [0.1, 0.15) is 45.5 Å². The minimum atomic E-state index is -0.648. The first kappa shape index (κ1) is 27.7. The van der Waals surface area contributed by atoms with Crippen LogP contribution in [-0.4, -0.2) is 9.13 Å². The molecule has 0 fully saturated rings. The van der Waals surface area contributed by atoms with Gasteiger partial charge in [-0.05, 0) is 55.9 Å². The summed E-state index contributed by atoms with van der Waals surface area (Å²) in [7, 11) is 0. The number of imidazole rings is 1. The Kier molecular flexibility index (Phi) is 7.27. The molecule has 2 heterocycles. The summed E-state index contributed by atoms with van der Waals surface area (Å²) >= 11 is 0. The van der Waals surface area contributed by atoms with Gasteiger partial charge in [0.15, 0.2) is 0 Å². The van der Waals surface area contributed by atoms with E-state index in [0.717, 1.165) is 33.1 Å². The number of nitrogens with zero attached hydrogens (tertiary/aromatic N) is 3. The quantitative estimate of drug-likeness (QED) is 0.110. The maximum absolute atomic E-state index is 9.17. The van der Waals surface area contributed by atoms with Crippen molar-refractivity contribution in [2.45, 2.75) is 26.2 Å². The minimum Gasteiger partial charge on any atom is -0.510 e. The van der Waals surface area contributed by atoms with Crippen molar-refractivity contribution in [1.29, 1.82) is 0 Å². The molecule has 0 aliphatic carbocycles. The molecule has 0 unspecified atom stereocenters. The van der Waals surface area contributed by atoms with Gasteiger partial charge in [0.1, 0.15) is 0 Å². The van der Waals surface area contributed by atoms with Crippen LogP contribution >= 0.6 is 0 Å². The van der Waals surface area contributed by atoms with Crippen LogP contribution in [0.5, 0.6) is 11.5 Å². The van der Waals surface area contributed by atoms with Crippen LogP contribution in [0.15, 0.2) is 200 Å². The number of benzene rings is 9. The van der Waals surface area contributed by atoms with Gasteiger partial charge in [0.2, 0.25) is 0 Å². The maximum atomic E-state index is 9.17. The van der Waals surface area contributed by atoms with E-state index in [1.54, 1.807) is 41.0 Å². The van der Waals surface area contributed by atoms with Gasteiger partial charge in [0.05, 0.1) is 35.9 Å². The summed E-state index contributed by atoms with van der Waals surface area (Å²) in [5.41, 5.74) is 4.19. The van der Waals surface area contributed by atoms with Gasteiger partial charge in [0.25, 0.3) is 6.33 Å². The Balaban J connectivity index is 0.00000688. The van der Waals surface area contributed by atoms with Gasteiger partial charge >= 0.3 is 21.1 Å². The molecule has 11 rings (SSSR count). The van der Waals surface area contributed by atoms with Gasteiger partial charge in [0, 0.05) is 17.0 Å². The molecular weight excluding hydrogens is 962 g/mol. The van der Waals surface area contributed by atoms with Crippen LogP contribution in [0.4, 0.5) is 0 Å². The van der Waals surface area contributed by atoms with Gasteiger partial charge in [-0.2, -0.15) is 42.0 Å². The van der Waals surface area contributed by atoms with Crippen molar-refractivity contribution in [3.63, 3.8) is 0 Å². The fourth-order valence-corrected chi connectivity index (χ4v) is 8.07. The Morgan fingerprint density at radius 3 is 1.95 bits per heavy atom. The van der Waals surface area contributed by atoms with E-state index >= 15 is 0 Å². The smallest absolute Gasteiger partial charge is 0.510 e. The fraction of sp³-hybridized carbons (Fsp3) is 0.0678. The van der Waals surface area contributed by atoms with E-state index in [0.29, 0.717) is 17.0 Å². The van der Waals surface area contributed by atoms with E-state index in [9.17, 15) is 5.48 Å². The van der Waals surface area contributed by atoms with Crippen molar-refractivity contribution in [1.82, 2.24) is 9.13 Å². The normalized spacial score (nSPS) is 14.6. The summed E-state index contributed by atoms with van der Waals surface area (Å²) in [6, 6.07) is 36.4. The Bertz CT molecular complexity index is 4170. The molecule has 64 heavy (non-hydrogen) atoms. The van der Waals surface area contributed by atoms with Crippen molar-refractivity contribution < 1.29 is 49.6 Å². The van der Waals surface area contributed by atoms with Crippen LogP contribution in [0.3, 0.4) is 0 Å². The molecule has 0 aliphatic heterocycles. The van der Waals surface area contributed by atoms with E-state index in [1.807, 2.05) is 30.3 Å². The summed E-state index contributed by atoms with van der Waals surface area (Å²) in [5.74, 6) is 0.631. The molecule has 9 aromatic carbocycles. The van der Waals surface area contributed by atoms with Gasteiger partial charge < -0.3 is 13.9 Å². The first-order valence-corrected chi connectivity index (χ1v) is 20.2. The van der Waals surface area contributed by atoms with Crippen LogP contribution in [0.2, 0.25) is 0 Å². The molecule has 0 radical (unpaired) electrons. The molecule has 0 N–H and O–H groups in total. The van der Waals surface area contributed by atoms with Gasteiger partial charge in [-0.3, -0.25) is 4.57 Å². The molecule has 4 nitrogen and oxygen atoms in total. The maximum Gasteiger partial charge on any atom is 4.00 e. The number of ether oxygens (including phenoxy) is 1. The zero-order valence-corrected chi connectivity index (χ0v) is 36.8. The van der Waals surface area contributed by atoms with E-state index in [2.05, 4.69) is 74.1 Å². The van der Waals surface area contributed by atoms with Crippen molar-refractivity contribution in [3.05, 3.63) is 230 Å². The second-order valence-electron chi connectivity index (χ2n) is 15.9. The molecule has 0 saturated heterocycles. The van der Waals surface area contributed by atoms with Gasteiger partial charge in [-0.15, -0.1) is 35.7 Å². The van der Waals surface area contributed by atoms with Crippen molar-refractivity contribution in [2.24, 2.45) is 0 Å².